The predicted molar refractivity (Wildman–Crippen MR) is 62.7 cm³/mol. The molecule has 0 heterocycles. The molecule has 1 aromatic carbocycles. The van der Waals surface area contributed by atoms with E-state index in [0.29, 0.717) is 5.92 Å². The standard InChI is InChI=1S/C14H20O/c1-11(2)10-12-4-6-13(7-5-12)14(15)8-3-9-14/h4-7,11,15H,3,8-10H2,1-2H3. The smallest absolute Gasteiger partial charge is 0.0896 e. The molecule has 1 N–H and O–H groups in total. The van der Waals surface area contributed by atoms with Crippen LogP contribution in [0.5, 0.6) is 0 Å². The van der Waals surface area contributed by atoms with Gasteiger partial charge in [-0.2, -0.15) is 0 Å². The van der Waals surface area contributed by atoms with Crippen molar-refractivity contribution in [1.29, 1.82) is 0 Å². The van der Waals surface area contributed by atoms with Crippen LogP contribution in [0.1, 0.15) is 44.2 Å². The Bertz CT molecular complexity index is 320. The first-order chi connectivity index (χ1) is 7.10. The molecule has 0 unspecified atom stereocenters. The number of hydrogen-bond donors (Lipinski definition) is 1. The van der Waals surface area contributed by atoms with Crippen LogP contribution >= 0.6 is 0 Å². The summed E-state index contributed by atoms with van der Waals surface area (Å²) >= 11 is 0. The molecule has 1 fully saturated rings. The van der Waals surface area contributed by atoms with Gasteiger partial charge in [0.25, 0.3) is 0 Å². The number of benzene rings is 1. The zero-order valence-corrected chi connectivity index (χ0v) is 9.66. The van der Waals surface area contributed by atoms with Crippen LogP contribution in [0.25, 0.3) is 0 Å². The lowest BCUT2D eigenvalue weighted by atomic mass is 9.75. The van der Waals surface area contributed by atoms with Crippen molar-refractivity contribution in [3.05, 3.63) is 35.4 Å². The van der Waals surface area contributed by atoms with Gasteiger partial charge in [0, 0.05) is 0 Å². The Morgan fingerprint density at radius 2 is 1.80 bits per heavy atom. The van der Waals surface area contributed by atoms with Gasteiger partial charge in [-0.3, -0.25) is 0 Å². The Morgan fingerprint density at radius 1 is 1.20 bits per heavy atom. The molecular formula is C14H20O. The van der Waals surface area contributed by atoms with Gasteiger partial charge in [0.15, 0.2) is 0 Å². The number of rotatable bonds is 3. The van der Waals surface area contributed by atoms with Gasteiger partial charge in [-0.15, -0.1) is 0 Å². The van der Waals surface area contributed by atoms with Gasteiger partial charge in [-0.25, -0.2) is 0 Å². The minimum absolute atomic E-state index is 0.504. The van der Waals surface area contributed by atoms with E-state index < -0.39 is 5.60 Å². The van der Waals surface area contributed by atoms with Crippen molar-refractivity contribution in [1.82, 2.24) is 0 Å². The van der Waals surface area contributed by atoms with Gasteiger partial charge in [0.1, 0.15) is 0 Å². The van der Waals surface area contributed by atoms with Gasteiger partial charge < -0.3 is 5.11 Å². The van der Waals surface area contributed by atoms with Crippen LogP contribution in [0.2, 0.25) is 0 Å². The molecule has 1 aromatic rings. The fourth-order valence-electron chi connectivity index (χ4n) is 2.22. The summed E-state index contributed by atoms with van der Waals surface area (Å²) in [7, 11) is 0. The van der Waals surface area contributed by atoms with Crippen molar-refractivity contribution >= 4 is 0 Å². The molecule has 0 aliphatic heterocycles. The monoisotopic (exact) mass is 204 g/mol. The summed E-state index contributed by atoms with van der Waals surface area (Å²) < 4.78 is 0. The van der Waals surface area contributed by atoms with Crippen molar-refractivity contribution in [2.45, 2.75) is 45.1 Å². The minimum Gasteiger partial charge on any atom is -0.385 e. The maximum atomic E-state index is 10.2. The lowest BCUT2D eigenvalue weighted by Gasteiger charge is -2.37. The Morgan fingerprint density at radius 3 is 2.20 bits per heavy atom. The molecule has 82 valence electrons. The van der Waals surface area contributed by atoms with Crippen molar-refractivity contribution in [3.63, 3.8) is 0 Å². The first-order valence-electron chi connectivity index (χ1n) is 5.92. The fraction of sp³-hybridized carbons (Fsp3) is 0.571. The molecule has 1 aliphatic carbocycles. The number of hydrogen-bond acceptors (Lipinski definition) is 1. The van der Waals surface area contributed by atoms with E-state index in [4.69, 9.17) is 0 Å². The van der Waals surface area contributed by atoms with Gasteiger partial charge in [-0.1, -0.05) is 38.1 Å². The van der Waals surface area contributed by atoms with Crippen molar-refractivity contribution < 1.29 is 5.11 Å². The van der Waals surface area contributed by atoms with E-state index >= 15 is 0 Å². The first-order valence-corrected chi connectivity index (χ1v) is 5.92. The largest absolute Gasteiger partial charge is 0.385 e. The average molecular weight is 204 g/mol. The Balaban J connectivity index is 2.10. The summed E-state index contributed by atoms with van der Waals surface area (Å²) in [6.45, 7) is 4.46. The van der Waals surface area contributed by atoms with Gasteiger partial charge in [-0.05, 0) is 42.7 Å². The molecule has 1 aliphatic rings. The SMILES string of the molecule is CC(C)Cc1ccc(C2(O)CCC2)cc1. The topological polar surface area (TPSA) is 20.2 Å². The van der Waals surface area contributed by atoms with Gasteiger partial charge in [0.2, 0.25) is 0 Å². The Hall–Kier alpha value is -0.820. The van der Waals surface area contributed by atoms with Crippen molar-refractivity contribution in [2.24, 2.45) is 5.92 Å². The van der Waals surface area contributed by atoms with E-state index in [2.05, 4.69) is 38.1 Å². The highest BCUT2D eigenvalue weighted by Crippen LogP contribution is 2.40. The van der Waals surface area contributed by atoms with Crippen LogP contribution in [0.4, 0.5) is 0 Å². The number of aliphatic hydroxyl groups is 1. The van der Waals surface area contributed by atoms with Crippen LogP contribution in [0.15, 0.2) is 24.3 Å². The summed E-state index contributed by atoms with van der Waals surface area (Å²) in [5.41, 5.74) is 1.97. The molecule has 15 heavy (non-hydrogen) atoms. The highest BCUT2D eigenvalue weighted by atomic mass is 16.3. The van der Waals surface area contributed by atoms with E-state index in [1.54, 1.807) is 0 Å². The molecule has 2 rings (SSSR count). The quantitative estimate of drug-likeness (QED) is 0.801. The lowest BCUT2D eigenvalue weighted by Crippen LogP contribution is -2.33. The molecule has 0 atom stereocenters. The van der Waals surface area contributed by atoms with Gasteiger partial charge in [0.05, 0.1) is 5.60 Å². The van der Waals surface area contributed by atoms with E-state index in [1.165, 1.54) is 5.56 Å². The molecule has 0 bridgehead atoms. The molecular weight excluding hydrogens is 184 g/mol. The third-order valence-electron chi connectivity index (χ3n) is 3.32. The second-order valence-electron chi connectivity index (χ2n) is 5.18. The normalized spacial score (nSPS) is 18.9. The molecule has 1 nitrogen and oxygen atoms in total. The minimum atomic E-state index is -0.504. The van der Waals surface area contributed by atoms with Crippen LogP contribution in [-0.4, -0.2) is 5.11 Å². The lowest BCUT2D eigenvalue weighted by molar-refractivity contribution is -0.0388. The van der Waals surface area contributed by atoms with E-state index in [9.17, 15) is 5.11 Å². The van der Waals surface area contributed by atoms with E-state index in [0.717, 1.165) is 31.2 Å². The van der Waals surface area contributed by atoms with Crippen LogP contribution < -0.4 is 0 Å². The van der Waals surface area contributed by atoms with Crippen LogP contribution in [-0.2, 0) is 12.0 Å². The van der Waals surface area contributed by atoms with Crippen LogP contribution in [0.3, 0.4) is 0 Å². The summed E-state index contributed by atoms with van der Waals surface area (Å²) in [5, 5.41) is 10.2. The second-order valence-corrected chi connectivity index (χ2v) is 5.18. The fourth-order valence-corrected chi connectivity index (χ4v) is 2.22. The highest BCUT2D eigenvalue weighted by Gasteiger charge is 2.35. The van der Waals surface area contributed by atoms with E-state index in [-0.39, 0.29) is 0 Å². The molecule has 0 radical (unpaired) electrons. The Labute approximate surface area is 92.1 Å². The third-order valence-corrected chi connectivity index (χ3v) is 3.32. The molecule has 0 aromatic heterocycles. The van der Waals surface area contributed by atoms with Crippen LogP contribution in [0, 0.1) is 5.92 Å². The zero-order valence-electron chi connectivity index (χ0n) is 9.66. The summed E-state index contributed by atoms with van der Waals surface area (Å²) in [4.78, 5) is 0. The highest BCUT2D eigenvalue weighted by molar-refractivity contribution is 5.28. The summed E-state index contributed by atoms with van der Waals surface area (Å²) in [6, 6.07) is 8.50. The second kappa shape index (κ2) is 3.97. The summed E-state index contributed by atoms with van der Waals surface area (Å²) in [6.07, 6.45) is 4.13. The molecule has 0 amide bonds. The van der Waals surface area contributed by atoms with E-state index in [1.807, 2.05) is 0 Å². The first kappa shape index (κ1) is 10.7. The summed E-state index contributed by atoms with van der Waals surface area (Å²) in [5.74, 6) is 0.697. The molecule has 1 saturated carbocycles. The van der Waals surface area contributed by atoms with Gasteiger partial charge >= 0.3 is 0 Å². The average Bonchev–Trinajstić information content (AvgIpc) is 2.14. The Kier molecular flexibility index (Phi) is 2.83. The predicted octanol–water partition coefficient (Wildman–Crippen LogP) is 3.26. The maximum Gasteiger partial charge on any atom is 0.0896 e. The molecule has 1 heteroatoms. The molecule has 0 saturated heterocycles. The van der Waals surface area contributed by atoms with Crippen molar-refractivity contribution in [3.8, 4) is 0 Å². The third kappa shape index (κ3) is 2.23. The maximum absolute atomic E-state index is 10.2. The van der Waals surface area contributed by atoms with Crippen molar-refractivity contribution in [2.75, 3.05) is 0 Å². The molecule has 0 spiro atoms. The zero-order chi connectivity index (χ0) is 10.9.